The lowest BCUT2D eigenvalue weighted by molar-refractivity contribution is -0.137. The van der Waals surface area contributed by atoms with Crippen molar-refractivity contribution in [2.45, 2.75) is 65.5 Å². The molecule has 0 aliphatic carbocycles. The van der Waals surface area contributed by atoms with Gasteiger partial charge in [-0.25, -0.2) is 0 Å². The molecule has 8 nitrogen and oxygen atoms in total. The van der Waals surface area contributed by atoms with Crippen molar-refractivity contribution in [3.8, 4) is 0 Å². The van der Waals surface area contributed by atoms with E-state index in [-0.39, 0.29) is 24.3 Å². The minimum absolute atomic E-state index is 0.0959. The summed E-state index contributed by atoms with van der Waals surface area (Å²) in [4.78, 5) is 39.0. The Morgan fingerprint density at radius 1 is 0.889 bits per heavy atom. The second-order valence-electron chi connectivity index (χ2n) is 11.8. The summed E-state index contributed by atoms with van der Waals surface area (Å²) in [6.07, 6.45) is -4.69. The lowest BCUT2D eigenvalue weighted by Crippen LogP contribution is -2.56. The zero-order valence-electron chi connectivity index (χ0n) is 25.9. The van der Waals surface area contributed by atoms with Crippen LogP contribution in [0.25, 0.3) is 0 Å². The van der Waals surface area contributed by atoms with Crippen molar-refractivity contribution in [2.75, 3.05) is 18.4 Å². The molecule has 0 spiro atoms. The van der Waals surface area contributed by atoms with E-state index >= 15 is 0 Å². The number of hydrogen-bond donors (Lipinski definition) is 5. The van der Waals surface area contributed by atoms with Gasteiger partial charge in [-0.3, -0.25) is 14.4 Å². The summed E-state index contributed by atoms with van der Waals surface area (Å²) in [5.74, 6) is -2.02. The fraction of sp³-hybridized carbons (Fsp3) is 0.364. The topological polar surface area (TPSA) is 111 Å². The Hall–Kier alpha value is -4.09. The first-order valence-electron chi connectivity index (χ1n) is 14.4. The molecule has 5 N–H and O–H groups in total. The molecule has 0 aromatic heterocycles. The molecule has 3 rings (SSSR count). The Balaban J connectivity index is 1.70. The average Bonchev–Trinajstić information content (AvgIpc) is 2.94. The molecule has 12 heteroatoms. The highest BCUT2D eigenvalue weighted by molar-refractivity contribution is 6.31. The van der Waals surface area contributed by atoms with Crippen molar-refractivity contribution in [1.82, 2.24) is 21.3 Å². The predicted octanol–water partition coefficient (Wildman–Crippen LogP) is 5.51. The quantitative estimate of drug-likeness (QED) is 0.179. The maximum absolute atomic E-state index is 13.5. The molecule has 1 atom stereocenters. The van der Waals surface area contributed by atoms with Crippen LogP contribution < -0.4 is 26.6 Å². The Kier molecular flexibility index (Phi) is 12.0. The fourth-order valence-corrected chi connectivity index (χ4v) is 4.66. The maximum atomic E-state index is 13.5. The highest BCUT2D eigenvalue weighted by atomic mass is 35.5. The first kappa shape index (κ1) is 35.4. The molecule has 0 bridgehead atoms. The SMILES string of the molecule is Cc1ccc(CNCC(NC(=O)CNC(=O)c2cc(C(F)(F)F)ccc2NCc2ccccc2Cl)C(=O)NC(C)(C)C)c(C)c1. The van der Waals surface area contributed by atoms with Crippen LogP contribution in [0.15, 0.2) is 60.7 Å². The van der Waals surface area contributed by atoms with Gasteiger partial charge in [0.2, 0.25) is 11.8 Å². The molecule has 0 radical (unpaired) electrons. The second-order valence-corrected chi connectivity index (χ2v) is 12.2. The van der Waals surface area contributed by atoms with Crippen LogP contribution in [0.5, 0.6) is 0 Å². The first-order valence-corrected chi connectivity index (χ1v) is 14.8. The number of halogens is 4. The van der Waals surface area contributed by atoms with Crippen LogP contribution in [-0.4, -0.2) is 42.4 Å². The molecule has 0 aliphatic heterocycles. The van der Waals surface area contributed by atoms with Crippen LogP contribution in [0.2, 0.25) is 5.02 Å². The smallest absolute Gasteiger partial charge is 0.380 e. The summed E-state index contributed by atoms with van der Waals surface area (Å²) < 4.78 is 40.5. The number of alkyl halides is 3. The number of aryl methyl sites for hydroxylation is 2. The normalized spacial score (nSPS) is 12.3. The molecule has 3 aromatic rings. The molecule has 0 aliphatic rings. The van der Waals surface area contributed by atoms with Crippen molar-refractivity contribution < 1.29 is 27.6 Å². The zero-order valence-corrected chi connectivity index (χ0v) is 26.7. The Bertz CT molecular complexity index is 1520. The van der Waals surface area contributed by atoms with Crippen LogP contribution in [0.1, 0.15) is 58.9 Å². The molecule has 45 heavy (non-hydrogen) atoms. The summed E-state index contributed by atoms with van der Waals surface area (Å²) in [5.41, 5.74) is 2.15. The van der Waals surface area contributed by atoms with E-state index in [1.807, 2.05) is 32.0 Å². The summed E-state index contributed by atoms with van der Waals surface area (Å²) in [6, 6.07) is 14.7. The molecule has 1 unspecified atom stereocenters. The fourth-order valence-electron chi connectivity index (χ4n) is 4.46. The van der Waals surface area contributed by atoms with Gasteiger partial charge in [-0.2, -0.15) is 13.2 Å². The molecule has 3 amide bonds. The molecule has 0 saturated carbocycles. The zero-order chi connectivity index (χ0) is 33.4. The lowest BCUT2D eigenvalue weighted by atomic mass is 10.1. The van der Waals surface area contributed by atoms with E-state index in [0.717, 1.165) is 34.9 Å². The first-order chi connectivity index (χ1) is 21.0. The Morgan fingerprint density at radius 2 is 1.60 bits per heavy atom. The van der Waals surface area contributed by atoms with Crippen LogP contribution in [0, 0.1) is 13.8 Å². The van der Waals surface area contributed by atoms with Crippen molar-refractivity contribution in [1.29, 1.82) is 0 Å². The predicted molar refractivity (Wildman–Crippen MR) is 170 cm³/mol. The monoisotopic (exact) mass is 645 g/mol. The third-order valence-electron chi connectivity index (χ3n) is 6.74. The standard InChI is InChI=1S/C33H39ClF3N5O3/c1-20-10-11-22(21(2)14-20)16-38-18-28(31(45)42-32(3,4)5)41-29(43)19-40-30(44)25-15-24(33(35,36)37)12-13-27(25)39-17-23-8-6-7-9-26(23)34/h6-15,28,38-39H,16-19H2,1-5H3,(H,40,44)(H,41,43)(H,42,45). The van der Waals surface area contributed by atoms with E-state index < -0.39 is 47.6 Å². The molecular formula is C33H39ClF3N5O3. The number of benzene rings is 3. The molecular weight excluding hydrogens is 607 g/mol. The van der Waals surface area contributed by atoms with Crippen LogP contribution >= 0.6 is 11.6 Å². The van der Waals surface area contributed by atoms with Crippen LogP contribution in [0.4, 0.5) is 18.9 Å². The van der Waals surface area contributed by atoms with Crippen molar-refractivity contribution in [3.63, 3.8) is 0 Å². The third-order valence-corrected chi connectivity index (χ3v) is 7.11. The second kappa shape index (κ2) is 15.3. The van der Waals surface area contributed by atoms with Gasteiger partial charge in [0.25, 0.3) is 5.91 Å². The summed E-state index contributed by atoms with van der Waals surface area (Å²) in [5, 5.41) is 14.4. The number of amides is 3. The minimum atomic E-state index is -4.69. The van der Waals surface area contributed by atoms with E-state index in [1.165, 1.54) is 0 Å². The lowest BCUT2D eigenvalue weighted by Gasteiger charge is -2.26. The largest absolute Gasteiger partial charge is 0.416 e. The Labute approximate surface area is 266 Å². The number of nitrogens with one attached hydrogen (secondary N) is 5. The number of rotatable bonds is 12. The number of carbonyl (C=O) groups excluding carboxylic acids is 3. The van der Waals surface area contributed by atoms with Crippen molar-refractivity contribution in [3.05, 3.63) is 99.1 Å². The number of hydrogen-bond acceptors (Lipinski definition) is 5. The summed E-state index contributed by atoms with van der Waals surface area (Å²) >= 11 is 6.19. The van der Waals surface area contributed by atoms with Gasteiger partial charge in [0.05, 0.1) is 17.7 Å². The average molecular weight is 646 g/mol. The van der Waals surface area contributed by atoms with E-state index in [4.69, 9.17) is 11.6 Å². The third kappa shape index (κ3) is 11.1. The highest BCUT2D eigenvalue weighted by Gasteiger charge is 2.32. The molecule has 3 aromatic carbocycles. The number of anilines is 1. The van der Waals surface area contributed by atoms with Gasteiger partial charge in [-0.05, 0) is 75.6 Å². The van der Waals surface area contributed by atoms with Gasteiger partial charge >= 0.3 is 6.18 Å². The minimum Gasteiger partial charge on any atom is -0.380 e. The highest BCUT2D eigenvalue weighted by Crippen LogP contribution is 2.32. The number of carbonyl (C=O) groups is 3. The summed E-state index contributed by atoms with van der Waals surface area (Å²) in [6.45, 7) is 9.52. The summed E-state index contributed by atoms with van der Waals surface area (Å²) in [7, 11) is 0. The Morgan fingerprint density at radius 3 is 2.24 bits per heavy atom. The molecule has 0 saturated heterocycles. The van der Waals surface area contributed by atoms with Gasteiger partial charge in [0.1, 0.15) is 6.04 Å². The van der Waals surface area contributed by atoms with E-state index in [2.05, 4.69) is 26.6 Å². The van der Waals surface area contributed by atoms with E-state index in [1.54, 1.807) is 45.0 Å². The van der Waals surface area contributed by atoms with Gasteiger partial charge in [-0.1, -0.05) is 53.6 Å². The molecule has 242 valence electrons. The van der Waals surface area contributed by atoms with E-state index in [9.17, 15) is 27.6 Å². The molecule has 0 fully saturated rings. The van der Waals surface area contributed by atoms with Gasteiger partial charge in [0.15, 0.2) is 0 Å². The van der Waals surface area contributed by atoms with Gasteiger partial charge < -0.3 is 26.6 Å². The van der Waals surface area contributed by atoms with Crippen LogP contribution in [-0.2, 0) is 28.9 Å². The van der Waals surface area contributed by atoms with Crippen molar-refractivity contribution in [2.24, 2.45) is 0 Å². The van der Waals surface area contributed by atoms with Crippen molar-refractivity contribution >= 4 is 35.0 Å². The maximum Gasteiger partial charge on any atom is 0.416 e. The van der Waals surface area contributed by atoms with Gasteiger partial charge in [0, 0.05) is 35.9 Å². The molecule has 0 heterocycles. The van der Waals surface area contributed by atoms with Gasteiger partial charge in [-0.15, -0.1) is 0 Å². The van der Waals surface area contributed by atoms with E-state index in [0.29, 0.717) is 17.1 Å². The van der Waals surface area contributed by atoms with Crippen LogP contribution in [0.3, 0.4) is 0 Å².